The smallest absolute Gasteiger partial charge is 0.466 e. The van der Waals surface area contributed by atoms with E-state index >= 15 is 0 Å². The van der Waals surface area contributed by atoms with E-state index in [4.69, 9.17) is 0 Å². The first-order valence-corrected chi connectivity index (χ1v) is 8.13. The molecule has 0 aromatic carbocycles. The highest BCUT2D eigenvalue weighted by atomic mass is 32.2. The summed E-state index contributed by atoms with van der Waals surface area (Å²) >= 11 is 0. The second-order valence-corrected chi connectivity index (χ2v) is 6.34. The van der Waals surface area contributed by atoms with Crippen LogP contribution in [0, 0.1) is 0 Å². The van der Waals surface area contributed by atoms with Crippen LogP contribution in [0.3, 0.4) is 0 Å². The van der Waals surface area contributed by atoms with Crippen molar-refractivity contribution in [2.45, 2.75) is 37.5 Å². The Balaban J connectivity index is 5.79. The molecule has 0 radical (unpaired) electrons. The molecule has 0 saturated heterocycles. The van der Waals surface area contributed by atoms with Crippen molar-refractivity contribution in [3.8, 4) is 0 Å². The SMILES string of the molecule is C=C(C)C(=O)OC(OCCC(F)(F)S(=O)(=O)[O-])(C(=O)NCC)C(F)(F)F. The summed E-state index contributed by atoms with van der Waals surface area (Å²) in [7, 11) is -6.19. The zero-order valence-corrected chi connectivity index (χ0v) is 14.3. The standard InChI is InChI=1S/C12H16F5NO7S/c1-4-18-9(20)11(12(15,16)17,25-8(19)7(2)3)24-6-5-10(13,14)26(21,22)23/h2,4-6H2,1,3H3,(H,18,20)(H,21,22,23)/p-1. The van der Waals surface area contributed by atoms with Crippen molar-refractivity contribution < 1.29 is 54.0 Å². The van der Waals surface area contributed by atoms with E-state index in [0.717, 1.165) is 6.92 Å². The molecule has 14 heteroatoms. The number of esters is 1. The molecule has 1 atom stereocenters. The van der Waals surface area contributed by atoms with Gasteiger partial charge in [-0.3, -0.25) is 4.79 Å². The van der Waals surface area contributed by atoms with Gasteiger partial charge in [0.25, 0.3) is 0 Å². The topological polar surface area (TPSA) is 122 Å². The minimum absolute atomic E-state index is 0.379. The summed E-state index contributed by atoms with van der Waals surface area (Å²) in [5, 5.41) is -3.31. The van der Waals surface area contributed by atoms with Crippen LogP contribution in [0.2, 0.25) is 0 Å². The van der Waals surface area contributed by atoms with E-state index in [1.807, 2.05) is 0 Å². The van der Waals surface area contributed by atoms with Gasteiger partial charge in [0.2, 0.25) is 0 Å². The molecule has 0 fully saturated rings. The Hall–Kier alpha value is -1.80. The lowest BCUT2D eigenvalue weighted by Crippen LogP contribution is -2.61. The number of halogens is 5. The van der Waals surface area contributed by atoms with Crippen LogP contribution >= 0.6 is 0 Å². The Morgan fingerprint density at radius 2 is 1.69 bits per heavy atom. The van der Waals surface area contributed by atoms with Crippen molar-refractivity contribution in [3.05, 3.63) is 12.2 Å². The zero-order chi connectivity index (χ0) is 21.0. The van der Waals surface area contributed by atoms with Gasteiger partial charge in [0.05, 0.1) is 6.61 Å². The second kappa shape index (κ2) is 8.26. The summed E-state index contributed by atoms with van der Waals surface area (Å²) in [5.41, 5.74) is -0.570. The average molecular weight is 412 g/mol. The van der Waals surface area contributed by atoms with E-state index in [2.05, 4.69) is 16.1 Å². The predicted octanol–water partition coefficient (Wildman–Crippen LogP) is 1.05. The van der Waals surface area contributed by atoms with Crippen molar-refractivity contribution >= 4 is 22.0 Å². The Morgan fingerprint density at radius 3 is 2.04 bits per heavy atom. The maximum atomic E-state index is 13.4. The lowest BCUT2D eigenvalue weighted by Gasteiger charge is -2.33. The van der Waals surface area contributed by atoms with Gasteiger partial charge in [0.15, 0.2) is 10.1 Å². The van der Waals surface area contributed by atoms with E-state index in [-0.39, 0.29) is 6.54 Å². The highest BCUT2D eigenvalue weighted by molar-refractivity contribution is 7.86. The average Bonchev–Trinajstić information content (AvgIpc) is 2.43. The number of nitrogens with one attached hydrogen (secondary N) is 1. The molecule has 1 N–H and O–H groups in total. The maximum absolute atomic E-state index is 13.4. The van der Waals surface area contributed by atoms with Crippen LogP contribution in [0.5, 0.6) is 0 Å². The van der Waals surface area contributed by atoms with Crippen LogP contribution in [0.25, 0.3) is 0 Å². The van der Waals surface area contributed by atoms with Gasteiger partial charge in [-0.05, 0) is 13.8 Å². The van der Waals surface area contributed by atoms with Crippen molar-refractivity contribution in [1.82, 2.24) is 5.32 Å². The molecule has 0 aliphatic rings. The number of carbonyl (C=O) groups is 2. The van der Waals surface area contributed by atoms with E-state index < -0.39 is 57.8 Å². The van der Waals surface area contributed by atoms with Gasteiger partial charge in [-0.2, -0.15) is 22.0 Å². The van der Waals surface area contributed by atoms with Crippen LogP contribution < -0.4 is 5.32 Å². The molecule has 0 aromatic rings. The summed E-state index contributed by atoms with van der Waals surface area (Å²) in [6, 6.07) is 0. The van der Waals surface area contributed by atoms with Crippen LogP contribution in [-0.4, -0.2) is 55.2 Å². The fourth-order valence-corrected chi connectivity index (χ4v) is 1.68. The van der Waals surface area contributed by atoms with Gasteiger partial charge in [-0.25, -0.2) is 13.2 Å². The highest BCUT2D eigenvalue weighted by Gasteiger charge is 2.66. The number of ether oxygens (including phenoxy) is 2. The normalized spacial score (nSPS) is 15.1. The van der Waals surface area contributed by atoms with Crippen molar-refractivity contribution in [2.24, 2.45) is 0 Å². The first kappa shape index (κ1) is 24.2. The lowest BCUT2D eigenvalue weighted by atomic mass is 10.2. The highest BCUT2D eigenvalue weighted by Crippen LogP contribution is 2.37. The summed E-state index contributed by atoms with van der Waals surface area (Å²) in [6.07, 6.45) is -7.75. The lowest BCUT2D eigenvalue weighted by molar-refractivity contribution is -0.348. The third-order valence-corrected chi connectivity index (χ3v) is 3.59. The van der Waals surface area contributed by atoms with Crippen LogP contribution in [0.1, 0.15) is 20.3 Å². The van der Waals surface area contributed by atoms with E-state index in [0.29, 0.717) is 0 Å². The minimum atomic E-state index is -6.19. The van der Waals surface area contributed by atoms with Gasteiger partial charge in [-0.1, -0.05) is 6.58 Å². The van der Waals surface area contributed by atoms with Crippen LogP contribution in [0.15, 0.2) is 12.2 Å². The second-order valence-electron chi connectivity index (χ2n) is 4.83. The van der Waals surface area contributed by atoms with E-state index in [9.17, 15) is 44.5 Å². The fraction of sp³-hybridized carbons (Fsp3) is 0.667. The summed E-state index contributed by atoms with van der Waals surface area (Å²) in [5.74, 6) is -8.12. The third kappa shape index (κ3) is 5.60. The van der Waals surface area contributed by atoms with Gasteiger partial charge >= 0.3 is 29.1 Å². The zero-order valence-electron chi connectivity index (χ0n) is 13.5. The Labute approximate surface area is 145 Å². The largest absolute Gasteiger partial charge is 0.743 e. The Kier molecular flexibility index (Phi) is 7.69. The van der Waals surface area contributed by atoms with Crippen LogP contribution in [0.4, 0.5) is 22.0 Å². The number of rotatable bonds is 9. The van der Waals surface area contributed by atoms with E-state index in [1.165, 1.54) is 6.92 Å². The third-order valence-electron chi connectivity index (χ3n) is 2.66. The number of alkyl halides is 5. The van der Waals surface area contributed by atoms with E-state index in [1.54, 1.807) is 5.32 Å². The molecule has 0 rings (SSSR count). The molecular formula is C12H15F5NO7S-. The molecule has 0 bridgehead atoms. The predicted molar refractivity (Wildman–Crippen MR) is 73.6 cm³/mol. The quantitative estimate of drug-likeness (QED) is 0.197. The number of likely N-dealkylation sites (N-methyl/N-ethyl adjacent to an activating group) is 1. The molecule has 8 nitrogen and oxygen atoms in total. The molecule has 152 valence electrons. The van der Waals surface area contributed by atoms with Gasteiger partial charge in [0.1, 0.15) is 0 Å². The Morgan fingerprint density at radius 1 is 1.19 bits per heavy atom. The Bertz CT molecular complexity index is 661. The van der Waals surface area contributed by atoms with Crippen molar-refractivity contribution in [1.29, 1.82) is 0 Å². The number of carbonyl (C=O) groups excluding carboxylic acids is 2. The van der Waals surface area contributed by atoms with Gasteiger partial charge in [-0.15, -0.1) is 0 Å². The first-order valence-electron chi connectivity index (χ1n) is 6.73. The van der Waals surface area contributed by atoms with Crippen molar-refractivity contribution in [3.63, 3.8) is 0 Å². The maximum Gasteiger partial charge on any atom is 0.466 e. The molecular weight excluding hydrogens is 397 g/mol. The summed E-state index contributed by atoms with van der Waals surface area (Å²) in [6.45, 7) is 3.02. The minimum Gasteiger partial charge on any atom is -0.743 e. The molecule has 26 heavy (non-hydrogen) atoms. The fourth-order valence-electron chi connectivity index (χ4n) is 1.34. The molecule has 0 saturated carbocycles. The first-order chi connectivity index (χ1) is 11.5. The molecule has 0 aliphatic heterocycles. The molecule has 0 spiro atoms. The number of amides is 1. The molecule has 0 aromatic heterocycles. The molecule has 0 aliphatic carbocycles. The summed E-state index contributed by atoms with van der Waals surface area (Å²) in [4.78, 5) is 23.2. The molecule has 0 heterocycles. The number of hydrogen-bond donors (Lipinski definition) is 1. The molecule has 1 unspecified atom stereocenters. The van der Waals surface area contributed by atoms with Crippen LogP contribution in [-0.2, 0) is 29.2 Å². The van der Waals surface area contributed by atoms with Gasteiger partial charge in [0, 0.05) is 18.5 Å². The van der Waals surface area contributed by atoms with Crippen molar-refractivity contribution in [2.75, 3.05) is 13.2 Å². The number of hydrogen-bond acceptors (Lipinski definition) is 7. The van der Waals surface area contributed by atoms with Gasteiger partial charge < -0.3 is 19.3 Å². The summed E-state index contributed by atoms with van der Waals surface area (Å²) < 4.78 is 105. The molecule has 1 amide bonds. The monoisotopic (exact) mass is 412 g/mol.